The summed E-state index contributed by atoms with van der Waals surface area (Å²) in [4.78, 5) is 5.60. The quantitative estimate of drug-likeness (QED) is 0.844. The van der Waals surface area contributed by atoms with Gasteiger partial charge in [-0.15, -0.1) is 11.3 Å². The number of hydrogen-bond donors (Lipinski definition) is 1. The van der Waals surface area contributed by atoms with Gasteiger partial charge in [0.1, 0.15) is 0 Å². The zero-order valence-electron chi connectivity index (χ0n) is 9.23. The van der Waals surface area contributed by atoms with Gasteiger partial charge in [-0.1, -0.05) is 13.3 Å². The topological polar surface area (TPSA) is 29.3 Å². The SMILES string of the molecule is CCCC(C)NCc1cn2ccsc2n1. The highest BCUT2D eigenvalue weighted by Crippen LogP contribution is 2.11. The molecule has 82 valence electrons. The largest absolute Gasteiger partial charge is 0.309 e. The number of imidazole rings is 1. The third kappa shape index (κ3) is 2.58. The van der Waals surface area contributed by atoms with Gasteiger partial charge in [0.15, 0.2) is 4.96 Å². The lowest BCUT2D eigenvalue weighted by Crippen LogP contribution is -2.25. The number of fused-ring (bicyclic) bond motifs is 1. The van der Waals surface area contributed by atoms with Crippen LogP contribution in [0.3, 0.4) is 0 Å². The van der Waals surface area contributed by atoms with E-state index in [1.54, 1.807) is 11.3 Å². The molecule has 2 aromatic heterocycles. The Hall–Kier alpha value is -0.870. The van der Waals surface area contributed by atoms with Crippen LogP contribution in [0.25, 0.3) is 4.96 Å². The number of aromatic nitrogens is 2. The Morgan fingerprint density at radius 3 is 3.20 bits per heavy atom. The molecule has 0 saturated heterocycles. The van der Waals surface area contributed by atoms with Gasteiger partial charge >= 0.3 is 0 Å². The van der Waals surface area contributed by atoms with Crippen molar-refractivity contribution in [3.8, 4) is 0 Å². The Morgan fingerprint density at radius 2 is 2.47 bits per heavy atom. The Labute approximate surface area is 94.1 Å². The fourth-order valence-electron chi connectivity index (χ4n) is 1.68. The van der Waals surface area contributed by atoms with Gasteiger partial charge in [0.05, 0.1) is 5.69 Å². The minimum absolute atomic E-state index is 0.578. The summed E-state index contributed by atoms with van der Waals surface area (Å²) in [7, 11) is 0. The van der Waals surface area contributed by atoms with E-state index in [-0.39, 0.29) is 0 Å². The van der Waals surface area contributed by atoms with Gasteiger partial charge in [0.2, 0.25) is 0 Å². The van der Waals surface area contributed by atoms with Crippen LogP contribution in [0.15, 0.2) is 17.8 Å². The van der Waals surface area contributed by atoms with Crippen molar-refractivity contribution in [3.05, 3.63) is 23.5 Å². The standard InChI is InChI=1S/C11H17N3S/c1-3-4-9(2)12-7-10-8-14-5-6-15-11(14)13-10/h5-6,8-9,12H,3-4,7H2,1-2H3. The number of hydrogen-bond acceptors (Lipinski definition) is 3. The molecule has 0 radical (unpaired) electrons. The lowest BCUT2D eigenvalue weighted by Gasteiger charge is -2.10. The molecule has 1 atom stereocenters. The lowest BCUT2D eigenvalue weighted by molar-refractivity contribution is 0.505. The zero-order valence-corrected chi connectivity index (χ0v) is 10.0. The molecule has 0 fully saturated rings. The van der Waals surface area contributed by atoms with Crippen molar-refractivity contribution in [2.75, 3.05) is 0 Å². The molecule has 3 nitrogen and oxygen atoms in total. The predicted molar refractivity (Wildman–Crippen MR) is 64.3 cm³/mol. The second-order valence-electron chi connectivity index (χ2n) is 3.90. The van der Waals surface area contributed by atoms with Crippen molar-refractivity contribution in [3.63, 3.8) is 0 Å². The highest BCUT2D eigenvalue weighted by atomic mass is 32.1. The van der Waals surface area contributed by atoms with Crippen LogP contribution in [-0.2, 0) is 6.54 Å². The maximum absolute atomic E-state index is 4.52. The molecule has 0 saturated carbocycles. The van der Waals surface area contributed by atoms with Gasteiger partial charge < -0.3 is 5.32 Å². The Bertz CT molecular complexity index is 390. The molecule has 1 N–H and O–H groups in total. The van der Waals surface area contributed by atoms with Crippen molar-refractivity contribution >= 4 is 16.3 Å². The molecule has 4 heteroatoms. The van der Waals surface area contributed by atoms with Gasteiger partial charge in [0, 0.05) is 30.4 Å². The summed E-state index contributed by atoms with van der Waals surface area (Å²) in [5, 5.41) is 5.53. The third-order valence-corrected chi connectivity index (χ3v) is 3.27. The van der Waals surface area contributed by atoms with E-state index in [1.165, 1.54) is 12.8 Å². The first-order valence-electron chi connectivity index (χ1n) is 5.44. The molecule has 0 amide bonds. The molecule has 2 heterocycles. The summed E-state index contributed by atoms with van der Waals surface area (Å²) in [6.07, 6.45) is 6.60. The van der Waals surface area contributed by atoms with Gasteiger partial charge in [-0.25, -0.2) is 4.98 Å². The summed E-state index contributed by atoms with van der Waals surface area (Å²) < 4.78 is 2.08. The summed E-state index contributed by atoms with van der Waals surface area (Å²) >= 11 is 1.68. The van der Waals surface area contributed by atoms with Crippen molar-refractivity contribution in [2.24, 2.45) is 0 Å². The summed E-state index contributed by atoms with van der Waals surface area (Å²) in [5.41, 5.74) is 1.13. The lowest BCUT2D eigenvalue weighted by atomic mass is 10.2. The predicted octanol–water partition coefficient (Wildman–Crippen LogP) is 2.67. The normalized spacial score (nSPS) is 13.5. The first kappa shape index (κ1) is 10.6. The molecule has 0 aromatic carbocycles. The van der Waals surface area contributed by atoms with Gasteiger partial charge in [-0.3, -0.25) is 4.40 Å². The van der Waals surface area contributed by atoms with E-state index in [0.717, 1.165) is 17.2 Å². The fourth-order valence-corrected chi connectivity index (χ4v) is 2.39. The van der Waals surface area contributed by atoms with E-state index in [0.29, 0.717) is 6.04 Å². The molecular formula is C11H17N3S. The van der Waals surface area contributed by atoms with Crippen LogP contribution in [0.1, 0.15) is 32.4 Å². The van der Waals surface area contributed by atoms with Crippen molar-refractivity contribution in [1.29, 1.82) is 0 Å². The number of thiazole rings is 1. The van der Waals surface area contributed by atoms with Crippen molar-refractivity contribution < 1.29 is 0 Å². The van der Waals surface area contributed by atoms with Crippen LogP contribution < -0.4 is 5.32 Å². The van der Waals surface area contributed by atoms with E-state index >= 15 is 0 Å². The van der Waals surface area contributed by atoms with Crippen LogP contribution >= 0.6 is 11.3 Å². The Morgan fingerprint density at radius 1 is 1.60 bits per heavy atom. The molecule has 0 aliphatic heterocycles. The van der Waals surface area contributed by atoms with Crippen LogP contribution in [-0.4, -0.2) is 15.4 Å². The molecule has 15 heavy (non-hydrogen) atoms. The Balaban J connectivity index is 1.92. The third-order valence-electron chi connectivity index (χ3n) is 2.50. The van der Waals surface area contributed by atoms with Crippen LogP contribution in [0.5, 0.6) is 0 Å². The number of nitrogens with one attached hydrogen (secondary N) is 1. The molecule has 0 spiro atoms. The molecule has 2 aromatic rings. The number of nitrogens with zero attached hydrogens (tertiary/aromatic N) is 2. The minimum Gasteiger partial charge on any atom is -0.309 e. The summed E-state index contributed by atoms with van der Waals surface area (Å²) in [5.74, 6) is 0. The van der Waals surface area contributed by atoms with Crippen LogP contribution in [0, 0.1) is 0 Å². The average molecular weight is 223 g/mol. The van der Waals surface area contributed by atoms with Crippen molar-refractivity contribution in [1.82, 2.24) is 14.7 Å². The molecule has 0 bridgehead atoms. The van der Waals surface area contributed by atoms with E-state index in [2.05, 4.69) is 40.1 Å². The van der Waals surface area contributed by atoms with Gasteiger partial charge in [0.25, 0.3) is 0 Å². The highest BCUT2D eigenvalue weighted by molar-refractivity contribution is 7.15. The van der Waals surface area contributed by atoms with E-state index < -0.39 is 0 Å². The maximum Gasteiger partial charge on any atom is 0.193 e. The van der Waals surface area contributed by atoms with Crippen LogP contribution in [0.2, 0.25) is 0 Å². The first-order valence-corrected chi connectivity index (χ1v) is 6.32. The van der Waals surface area contributed by atoms with E-state index in [1.807, 2.05) is 6.20 Å². The average Bonchev–Trinajstić information content (AvgIpc) is 2.74. The van der Waals surface area contributed by atoms with Crippen LogP contribution in [0.4, 0.5) is 0 Å². The molecule has 1 unspecified atom stereocenters. The highest BCUT2D eigenvalue weighted by Gasteiger charge is 2.04. The second-order valence-corrected chi connectivity index (χ2v) is 4.77. The minimum atomic E-state index is 0.578. The summed E-state index contributed by atoms with van der Waals surface area (Å²) in [6, 6.07) is 0.578. The van der Waals surface area contributed by atoms with E-state index in [4.69, 9.17) is 0 Å². The van der Waals surface area contributed by atoms with Gasteiger partial charge in [-0.05, 0) is 13.3 Å². The Kier molecular flexibility index (Phi) is 3.38. The van der Waals surface area contributed by atoms with E-state index in [9.17, 15) is 0 Å². The zero-order chi connectivity index (χ0) is 10.7. The second kappa shape index (κ2) is 4.77. The molecule has 0 aliphatic rings. The van der Waals surface area contributed by atoms with Gasteiger partial charge in [-0.2, -0.15) is 0 Å². The molecule has 2 rings (SSSR count). The smallest absolute Gasteiger partial charge is 0.193 e. The molecular weight excluding hydrogens is 206 g/mol. The maximum atomic E-state index is 4.52. The summed E-state index contributed by atoms with van der Waals surface area (Å²) in [6.45, 7) is 5.31. The monoisotopic (exact) mass is 223 g/mol. The number of rotatable bonds is 5. The molecule has 0 aliphatic carbocycles. The first-order chi connectivity index (χ1) is 7.29. The fraction of sp³-hybridized carbons (Fsp3) is 0.545. The van der Waals surface area contributed by atoms with Crippen molar-refractivity contribution in [2.45, 2.75) is 39.3 Å².